The van der Waals surface area contributed by atoms with Crippen molar-refractivity contribution in [2.45, 2.75) is 38.1 Å². The fraction of sp³-hybridized carbons (Fsp3) is 0.571. The van der Waals surface area contributed by atoms with Crippen LogP contribution in [0, 0.1) is 12.8 Å². The van der Waals surface area contributed by atoms with Gasteiger partial charge in [-0.15, -0.1) is 0 Å². The van der Waals surface area contributed by atoms with Crippen LogP contribution in [0.2, 0.25) is 0 Å². The number of rotatable bonds is 4. The molecular formula is C14H20BrN. The van der Waals surface area contributed by atoms with Gasteiger partial charge in [-0.05, 0) is 49.8 Å². The zero-order valence-corrected chi connectivity index (χ0v) is 11.9. The summed E-state index contributed by atoms with van der Waals surface area (Å²) < 4.78 is 0. The molecular weight excluding hydrogens is 262 g/mol. The quantitative estimate of drug-likeness (QED) is 0.751. The van der Waals surface area contributed by atoms with Gasteiger partial charge in [0.25, 0.3) is 0 Å². The van der Waals surface area contributed by atoms with Crippen molar-refractivity contribution >= 4 is 21.6 Å². The van der Waals surface area contributed by atoms with Gasteiger partial charge in [-0.1, -0.05) is 28.1 Å². The average molecular weight is 282 g/mol. The molecule has 2 heteroatoms. The molecule has 2 rings (SSSR count). The zero-order valence-electron chi connectivity index (χ0n) is 10.3. The minimum absolute atomic E-state index is 0.675. The molecule has 0 aromatic heterocycles. The van der Waals surface area contributed by atoms with Gasteiger partial charge in [-0.25, -0.2) is 0 Å². The van der Waals surface area contributed by atoms with E-state index in [0.717, 1.165) is 11.2 Å². The number of hydrogen-bond donors (Lipinski definition) is 0. The first-order valence-electron chi connectivity index (χ1n) is 6.02. The first-order valence-corrected chi connectivity index (χ1v) is 7.14. The second-order valence-electron chi connectivity index (χ2n) is 4.94. The van der Waals surface area contributed by atoms with E-state index in [1.807, 2.05) is 0 Å². The van der Waals surface area contributed by atoms with Crippen LogP contribution in [0.15, 0.2) is 18.2 Å². The molecule has 88 valence electrons. The summed E-state index contributed by atoms with van der Waals surface area (Å²) in [4.78, 5) is 2.44. The highest BCUT2D eigenvalue weighted by Crippen LogP contribution is 2.37. The third-order valence-corrected chi connectivity index (χ3v) is 4.36. The van der Waals surface area contributed by atoms with E-state index in [-0.39, 0.29) is 0 Å². The lowest BCUT2D eigenvalue weighted by Gasteiger charge is -2.28. The third-order valence-electron chi connectivity index (χ3n) is 3.71. The molecule has 1 unspecified atom stereocenters. The number of halogens is 1. The molecule has 0 aliphatic heterocycles. The van der Waals surface area contributed by atoms with Crippen LogP contribution in [0.25, 0.3) is 0 Å². The van der Waals surface area contributed by atoms with Crippen molar-refractivity contribution in [1.82, 2.24) is 0 Å². The summed E-state index contributed by atoms with van der Waals surface area (Å²) in [5, 5.41) is 0.940. The van der Waals surface area contributed by atoms with Gasteiger partial charge in [0.1, 0.15) is 0 Å². The molecule has 0 heterocycles. The van der Waals surface area contributed by atoms with Gasteiger partial charge in [0.15, 0.2) is 0 Å². The van der Waals surface area contributed by atoms with Crippen LogP contribution in [0.5, 0.6) is 0 Å². The first kappa shape index (κ1) is 12.0. The van der Waals surface area contributed by atoms with Crippen LogP contribution in [0.3, 0.4) is 0 Å². The summed E-state index contributed by atoms with van der Waals surface area (Å²) in [6, 6.07) is 7.42. The molecule has 0 bridgehead atoms. The molecule has 1 aliphatic rings. The predicted octanol–water partition coefficient (Wildman–Crippen LogP) is 4.12. The Bertz CT molecular complexity index is 371. The molecule has 1 fully saturated rings. The van der Waals surface area contributed by atoms with E-state index in [2.05, 4.69) is 59.9 Å². The average Bonchev–Trinajstić information content (AvgIpc) is 3.10. The number of aryl methyl sites for hydroxylation is 1. The van der Waals surface area contributed by atoms with Gasteiger partial charge in [0.05, 0.1) is 0 Å². The Labute approximate surface area is 107 Å². The summed E-state index contributed by atoms with van der Waals surface area (Å²) in [5.41, 5.74) is 4.12. The molecule has 1 aromatic rings. The molecule has 1 aromatic carbocycles. The Kier molecular flexibility index (Phi) is 3.58. The SMILES string of the molecule is Cc1cc(CBr)ccc1N(C)C(C)C1CC1. The molecule has 1 saturated carbocycles. The highest BCUT2D eigenvalue weighted by atomic mass is 79.9. The van der Waals surface area contributed by atoms with E-state index in [1.54, 1.807) is 0 Å². The maximum Gasteiger partial charge on any atom is 0.0396 e. The van der Waals surface area contributed by atoms with Crippen molar-refractivity contribution < 1.29 is 0 Å². The topological polar surface area (TPSA) is 3.24 Å². The van der Waals surface area contributed by atoms with Crippen molar-refractivity contribution in [1.29, 1.82) is 0 Å². The number of hydrogen-bond acceptors (Lipinski definition) is 1. The van der Waals surface area contributed by atoms with E-state index >= 15 is 0 Å². The highest BCUT2D eigenvalue weighted by Gasteiger charge is 2.30. The van der Waals surface area contributed by atoms with Gasteiger partial charge >= 0.3 is 0 Å². The highest BCUT2D eigenvalue weighted by molar-refractivity contribution is 9.08. The number of benzene rings is 1. The number of alkyl halides is 1. The minimum Gasteiger partial charge on any atom is -0.371 e. The summed E-state index contributed by atoms with van der Waals surface area (Å²) >= 11 is 3.50. The molecule has 1 aliphatic carbocycles. The number of nitrogens with zero attached hydrogens (tertiary/aromatic N) is 1. The normalized spacial score (nSPS) is 17.2. The van der Waals surface area contributed by atoms with Crippen molar-refractivity contribution in [2.24, 2.45) is 5.92 Å². The molecule has 0 spiro atoms. The lowest BCUT2D eigenvalue weighted by Crippen LogP contribution is -2.31. The van der Waals surface area contributed by atoms with E-state index in [1.165, 1.54) is 29.7 Å². The van der Waals surface area contributed by atoms with Crippen LogP contribution in [-0.2, 0) is 5.33 Å². The standard InChI is InChI=1S/C14H20BrN/c1-10-8-12(9-15)4-7-14(10)16(3)11(2)13-5-6-13/h4,7-8,11,13H,5-6,9H2,1-3H3. The second kappa shape index (κ2) is 4.79. The Morgan fingerprint density at radius 3 is 2.62 bits per heavy atom. The van der Waals surface area contributed by atoms with Crippen LogP contribution >= 0.6 is 15.9 Å². The summed E-state index contributed by atoms with van der Waals surface area (Å²) in [5.74, 6) is 0.917. The second-order valence-corrected chi connectivity index (χ2v) is 5.50. The van der Waals surface area contributed by atoms with Gasteiger partial charge < -0.3 is 4.90 Å². The number of anilines is 1. The fourth-order valence-electron chi connectivity index (χ4n) is 2.31. The Morgan fingerprint density at radius 1 is 1.44 bits per heavy atom. The van der Waals surface area contributed by atoms with Gasteiger partial charge in [0, 0.05) is 24.1 Å². The molecule has 0 saturated heterocycles. The third kappa shape index (κ3) is 2.42. The molecule has 0 N–H and O–H groups in total. The summed E-state index contributed by atoms with van der Waals surface area (Å²) in [7, 11) is 2.22. The Morgan fingerprint density at radius 2 is 2.12 bits per heavy atom. The van der Waals surface area contributed by atoms with Gasteiger partial charge in [-0.3, -0.25) is 0 Å². The first-order chi connectivity index (χ1) is 7.63. The van der Waals surface area contributed by atoms with Crippen LogP contribution in [0.1, 0.15) is 30.9 Å². The smallest absolute Gasteiger partial charge is 0.0396 e. The molecule has 0 radical (unpaired) electrons. The largest absolute Gasteiger partial charge is 0.371 e. The predicted molar refractivity (Wildman–Crippen MR) is 74.4 cm³/mol. The van der Waals surface area contributed by atoms with Crippen molar-refractivity contribution in [3.05, 3.63) is 29.3 Å². The Hall–Kier alpha value is -0.500. The van der Waals surface area contributed by atoms with Crippen LogP contribution in [0.4, 0.5) is 5.69 Å². The van der Waals surface area contributed by atoms with E-state index < -0.39 is 0 Å². The van der Waals surface area contributed by atoms with E-state index in [9.17, 15) is 0 Å². The lowest BCUT2D eigenvalue weighted by molar-refractivity contribution is 0.608. The minimum atomic E-state index is 0.675. The van der Waals surface area contributed by atoms with Crippen LogP contribution in [-0.4, -0.2) is 13.1 Å². The maximum absolute atomic E-state index is 3.50. The molecule has 1 atom stereocenters. The van der Waals surface area contributed by atoms with E-state index in [0.29, 0.717) is 6.04 Å². The maximum atomic E-state index is 3.50. The molecule has 0 amide bonds. The molecule has 16 heavy (non-hydrogen) atoms. The van der Waals surface area contributed by atoms with Gasteiger partial charge in [-0.2, -0.15) is 0 Å². The molecule has 1 nitrogen and oxygen atoms in total. The summed E-state index contributed by atoms with van der Waals surface area (Å²) in [6.07, 6.45) is 2.81. The zero-order chi connectivity index (χ0) is 11.7. The lowest BCUT2D eigenvalue weighted by atomic mass is 10.1. The van der Waals surface area contributed by atoms with E-state index in [4.69, 9.17) is 0 Å². The van der Waals surface area contributed by atoms with Crippen molar-refractivity contribution in [2.75, 3.05) is 11.9 Å². The van der Waals surface area contributed by atoms with Gasteiger partial charge in [0.2, 0.25) is 0 Å². The summed E-state index contributed by atoms with van der Waals surface area (Å²) in [6.45, 7) is 4.55. The van der Waals surface area contributed by atoms with Crippen molar-refractivity contribution in [3.63, 3.8) is 0 Å². The van der Waals surface area contributed by atoms with Crippen molar-refractivity contribution in [3.8, 4) is 0 Å². The fourth-order valence-corrected chi connectivity index (χ4v) is 2.66. The van der Waals surface area contributed by atoms with Crippen LogP contribution < -0.4 is 4.90 Å². The monoisotopic (exact) mass is 281 g/mol. The Balaban J connectivity index is 2.18.